The molecular weight excluding hydrogens is 434 g/mol. The second-order valence-corrected chi connectivity index (χ2v) is 10.0. The normalized spacial score (nSPS) is 14.9. The van der Waals surface area contributed by atoms with Crippen molar-refractivity contribution in [2.24, 2.45) is 0 Å². The highest BCUT2D eigenvalue weighted by Crippen LogP contribution is 2.33. The van der Waals surface area contributed by atoms with Gasteiger partial charge < -0.3 is 9.80 Å². The predicted molar refractivity (Wildman–Crippen MR) is 138 cm³/mol. The summed E-state index contributed by atoms with van der Waals surface area (Å²) in [5.74, 6) is 0.556. The third kappa shape index (κ3) is 5.13. The first-order valence-corrected chi connectivity index (χ1v) is 13.2. The predicted octanol–water partition coefficient (Wildman–Crippen LogP) is 6.45. The van der Waals surface area contributed by atoms with Gasteiger partial charge in [-0.1, -0.05) is 12.1 Å². The van der Waals surface area contributed by atoms with Crippen LogP contribution in [0, 0.1) is 6.92 Å². The quantitative estimate of drug-likeness (QED) is 0.376. The van der Waals surface area contributed by atoms with Crippen LogP contribution in [0.15, 0.2) is 47.2 Å². The minimum atomic E-state index is 0.115. The van der Waals surface area contributed by atoms with E-state index in [9.17, 15) is 4.79 Å². The molecule has 4 nitrogen and oxygen atoms in total. The lowest BCUT2D eigenvalue weighted by atomic mass is 9.97. The molecule has 2 aromatic heterocycles. The summed E-state index contributed by atoms with van der Waals surface area (Å²) in [6, 6.07) is 10.8. The average Bonchev–Trinajstić information content (AvgIpc) is 3.48. The Morgan fingerprint density at radius 3 is 2.47 bits per heavy atom. The Bertz CT molecular complexity index is 1050. The van der Waals surface area contributed by atoms with Crippen LogP contribution in [-0.4, -0.2) is 42.0 Å². The van der Waals surface area contributed by atoms with E-state index < -0.39 is 0 Å². The number of hydrogen-bond acceptors (Lipinski definition) is 5. The molecule has 3 aromatic rings. The van der Waals surface area contributed by atoms with Gasteiger partial charge in [0, 0.05) is 59.7 Å². The van der Waals surface area contributed by atoms with Crippen molar-refractivity contribution >= 4 is 40.3 Å². The molecule has 0 saturated carbocycles. The van der Waals surface area contributed by atoms with Gasteiger partial charge in [0.05, 0.1) is 10.7 Å². The molecule has 0 unspecified atom stereocenters. The number of piperidine rings is 1. The first kappa shape index (κ1) is 22.7. The highest BCUT2D eigenvalue weighted by atomic mass is 32.1. The molecule has 6 heteroatoms. The van der Waals surface area contributed by atoms with Crippen LogP contribution >= 0.6 is 22.7 Å². The Morgan fingerprint density at radius 2 is 1.84 bits per heavy atom. The van der Waals surface area contributed by atoms with Crippen molar-refractivity contribution in [3.8, 4) is 11.3 Å². The Balaban J connectivity index is 1.34. The van der Waals surface area contributed by atoms with Crippen molar-refractivity contribution in [1.29, 1.82) is 0 Å². The number of rotatable bonds is 7. The molecule has 0 spiro atoms. The fourth-order valence-corrected chi connectivity index (χ4v) is 6.01. The fourth-order valence-electron chi connectivity index (χ4n) is 4.19. The summed E-state index contributed by atoms with van der Waals surface area (Å²) in [5, 5.41) is 5.43. The lowest BCUT2D eigenvalue weighted by molar-refractivity contribution is -0.126. The van der Waals surface area contributed by atoms with Crippen molar-refractivity contribution in [3.05, 3.63) is 62.6 Å². The number of benzene rings is 1. The summed E-state index contributed by atoms with van der Waals surface area (Å²) in [4.78, 5) is 23.0. The monoisotopic (exact) mass is 465 g/mol. The van der Waals surface area contributed by atoms with Gasteiger partial charge in [-0.25, -0.2) is 4.98 Å². The molecule has 4 rings (SSSR count). The van der Waals surface area contributed by atoms with E-state index in [2.05, 4.69) is 66.8 Å². The number of aryl methyl sites for hydroxylation is 1. The van der Waals surface area contributed by atoms with E-state index in [0.29, 0.717) is 5.92 Å². The van der Waals surface area contributed by atoms with Crippen LogP contribution < -0.4 is 4.90 Å². The number of likely N-dealkylation sites (tertiary alicyclic amines) is 1. The summed E-state index contributed by atoms with van der Waals surface area (Å²) in [6.45, 7) is 10.1. The molecule has 0 radical (unpaired) electrons. The first-order chi connectivity index (χ1) is 15.6. The molecule has 0 N–H and O–H groups in total. The zero-order valence-electron chi connectivity index (χ0n) is 19.1. The number of thiophene rings is 1. The number of aromatic nitrogens is 1. The lowest BCUT2D eigenvalue weighted by Gasteiger charge is -2.30. The second kappa shape index (κ2) is 10.5. The summed E-state index contributed by atoms with van der Waals surface area (Å²) < 4.78 is 0. The van der Waals surface area contributed by atoms with Gasteiger partial charge in [0.15, 0.2) is 0 Å². The number of anilines is 1. The Labute approximate surface area is 199 Å². The van der Waals surface area contributed by atoms with Crippen molar-refractivity contribution in [2.45, 2.75) is 39.5 Å². The van der Waals surface area contributed by atoms with E-state index in [0.717, 1.165) is 49.6 Å². The van der Waals surface area contributed by atoms with Crippen LogP contribution in [0.2, 0.25) is 0 Å². The van der Waals surface area contributed by atoms with Gasteiger partial charge in [0.25, 0.3) is 0 Å². The van der Waals surface area contributed by atoms with E-state index >= 15 is 0 Å². The van der Waals surface area contributed by atoms with Gasteiger partial charge in [0.1, 0.15) is 0 Å². The van der Waals surface area contributed by atoms with E-state index in [1.165, 1.54) is 21.8 Å². The summed E-state index contributed by atoms with van der Waals surface area (Å²) in [6.07, 6.45) is 5.63. The molecule has 1 aromatic carbocycles. The summed E-state index contributed by atoms with van der Waals surface area (Å²) in [7, 11) is 0. The van der Waals surface area contributed by atoms with Crippen molar-refractivity contribution < 1.29 is 4.79 Å². The van der Waals surface area contributed by atoms with E-state index in [4.69, 9.17) is 4.98 Å². The molecule has 3 heterocycles. The molecule has 168 valence electrons. The lowest BCUT2D eigenvalue weighted by Crippen LogP contribution is -2.36. The van der Waals surface area contributed by atoms with Crippen LogP contribution in [0.3, 0.4) is 0 Å². The van der Waals surface area contributed by atoms with Crippen LogP contribution in [0.25, 0.3) is 17.3 Å². The molecule has 0 bridgehead atoms. The van der Waals surface area contributed by atoms with E-state index in [-0.39, 0.29) is 5.91 Å². The van der Waals surface area contributed by atoms with Crippen molar-refractivity contribution in [1.82, 2.24) is 9.88 Å². The largest absolute Gasteiger partial charge is 0.372 e. The highest BCUT2D eigenvalue weighted by Gasteiger charge is 2.25. The minimum absolute atomic E-state index is 0.115. The molecule has 32 heavy (non-hydrogen) atoms. The number of thiazole rings is 1. The van der Waals surface area contributed by atoms with Crippen LogP contribution in [0.4, 0.5) is 5.69 Å². The number of carbonyl (C=O) groups is 1. The minimum Gasteiger partial charge on any atom is -0.372 e. The Hall–Kier alpha value is -2.44. The smallest absolute Gasteiger partial charge is 0.246 e. The zero-order valence-corrected chi connectivity index (χ0v) is 20.7. The third-order valence-electron chi connectivity index (χ3n) is 6.25. The first-order valence-electron chi connectivity index (χ1n) is 11.4. The second-order valence-electron chi connectivity index (χ2n) is 8.19. The molecule has 0 aliphatic carbocycles. The Morgan fingerprint density at radius 1 is 1.12 bits per heavy atom. The standard InChI is InChI=1S/C26H31N3OS2/c1-4-28(5-2)22-8-6-20(7-9-22)23-18-32-26(27-23)21-12-15-29(16-13-21)25(30)11-10-24-19(3)14-17-31-24/h6-11,14,17-18,21H,4-5,12-13,15-16H2,1-3H3/b11-10+. The number of carbonyl (C=O) groups excluding carboxylic acids is 1. The van der Waals surface area contributed by atoms with E-state index in [1.54, 1.807) is 28.7 Å². The summed E-state index contributed by atoms with van der Waals surface area (Å²) >= 11 is 3.43. The highest BCUT2D eigenvalue weighted by molar-refractivity contribution is 7.11. The van der Waals surface area contributed by atoms with Gasteiger partial charge in [-0.05, 0) is 68.8 Å². The molecule has 1 aliphatic rings. The van der Waals surface area contributed by atoms with Gasteiger partial charge in [-0.3, -0.25) is 4.79 Å². The van der Waals surface area contributed by atoms with E-state index in [1.807, 2.05) is 11.0 Å². The van der Waals surface area contributed by atoms with Gasteiger partial charge in [0.2, 0.25) is 5.91 Å². The number of nitrogens with zero attached hydrogens (tertiary/aromatic N) is 3. The maximum Gasteiger partial charge on any atom is 0.246 e. The molecule has 1 aliphatic heterocycles. The van der Waals surface area contributed by atoms with Crippen LogP contribution in [0.1, 0.15) is 48.1 Å². The van der Waals surface area contributed by atoms with Crippen LogP contribution in [0.5, 0.6) is 0 Å². The zero-order chi connectivity index (χ0) is 22.5. The third-order valence-corrected chi connectivity index (χ3v) is 8.24. The maximum absolute atomic E-state index is 12.6. The van der Waals surface area contributed by atoms with Crippen molar-refractivity contribution in [2.75, 3.05) is 31.1 Å². The van der Waals surface area contributed by atoms with Crippen molar-refractivity contribution in [3.63, 3.8) is 0 Å². The molecular formula is C26H31N3OS2. The number of amides is 1. The Kier molecular flexibility index (Phi) is 7.43. The van der Waals surface area contributed by atoms with Gasteiger partial charge in [-0.15, -0.1) is 22.7 Å². The summed E-state index contributed by atoms with van der Waals surface area (Å²) in [5.41, 5.74) is 4.71. The number of hydrogen-bond donors (Lipinski definition) is 0. The molecule has 1 saturated heterocycles. The topological polar surface area (TPSA) is 36.4 Å². The SMILES string of the molecule is CCN(CC)c1ccc(-c2csc(C3CCN(C(=O)/C=C/c4sccc4C)CC3)n2)cc1. The van der Waals surface area contributed by atoms with Gasteiger partial charge in [-0.2, -0.15) is 0 Å². The fraction of sp³-hybridized carbons (Fsp3) is 0.385. The average molecular weight is 466 g/mol. The maximum atomic E-state index is 12.6. The molecule has 1 fully saturated rings. The van der Waals surface area contributed by atoms with Crippen LogP contribution in [-0.2, 0) is 4.79 Å². The molecule has 1 amide bonds. The molecule has 0 atom stereocenters. The van der Waals surface area contributed by atoms with Gasteiger partial charge >= 0.3 is 0 Å².